The van der Waals surface area contributed by atoms with Crippen molar-refractivity contribution in [2.24, 2.45) is 0 Å². The van der Waals surface area contributed by atoms with Gasteiger partial charge in [-0.1, -0.05) is 15.9 Å². The Morgan fingerprint density at radius 1 is 1.59 bits per heavy atom. The first kappa shape index (κ1) is 12.2. The van der Waals surface area contributed by atoms with Gasteiger partial charge in [0.1, 0.15) is 0 Å². The van der Waals surface area contributed by atoms with E-state index < -0.39 is 0 Å². The standard InChI is InChI=1S/C12H15BrN2O2/c1-17-12(16)4-6-15-7-5-14-10-3-2-9(13)8-11(10)15/h2-3,8,14H,4-7H2,1H3. The number of nitrogens with zero attached hydrogens (tertiary/aromatic N) is 1. The van der Waals surface area contributed by atoms with Gasteiger partial charge in [-0.05, 0) is 18.2 Å². The lowest BCUT2D eigenvalue weighted by atomic mass is 10.2. The van der Waals surface area contributed by atoms with Gasteiger partial charge in [-0.25, -0.2) is 0 Å². The molecule has 0 aromatic heterocycles. The molecule has 92 valence electrons. The zero-order valence-corrected chi connectivity index (χ0v) is 11.3. The maximum absolute atomic E-state index is 11.2. The molecular weight excluding hydrogens is 284 g/mol. The van der Waals surface area contributed by atoms with Crippen LogP contribution in [0.15, 0.2) is 22.7 Å². The van der Waals surface area contributed by atoms with Gasteiger partial charge in [0, 0.05) is 24.1 Å². The second-order valence-corrected chi connectivity index (χ2v) is 4.82. The van der Waals surface area contributed by atoms with Gasteiger partial charge in [0.05, 0.1) is 24.9 Å². The summed E-state index contributed by atoms with van der Waals surface area (Å²) in [6.07, 6.45) is 0.419. The summed E-state index contributed by atoms with van der Waals surface area (Å²) >= 11 is 3.47. The van der Waals surface area contributed by atoms with Crippen molar-refractivity contribution in [1.82, 2.24) is 0 Å². The Morgan fingerprint density at radius 2 is 2.41 bits per heavy atom. The molecule has 4 nitrogen and oxygen atoms in total. The third-order valence-corrected chi connectivity index (χ3v) is 3.30. The lowest BCUT2D eigenvalue weighted by Gasteiger charge is -2.32. The zero-order chi connectivity index (χ0) is 12.3. The van der Waals surface area contributed by atoms with Crippen molar-refractivity contribution in [1.29, 1.82) is 0 Å². The van der Waals surface area contributed by atoms with Gasteiger partial charge in [0.15, 0.2) is 0 Å². The Kier molecular flexibility index (Phi) is 3.89. The minimum Gasteiger partial charge on any atom is -0.469 e. The summed E-state index contributed by atoms with van der Waals surface area (Å²) in [5.74, 6) is -0.167. The van der Waals surface area contributed by atoms with Gasteiger partial charge in [-0.15, -0.1) is 0 Å². The number of hydrogen-bond donors (Lipinski definition) is 1. The molecule has 0 spiro atoms. The molecule has 0 radical (unpaired) electrons. The molecule has 1 aliphatic rings. The molecule has 0 fully saturated rings. The summed E-state index contributed by atoms with van der Waals surface area (Å²) < 4.78 is 5.71. The Labute approximate surface area is 109 Å². The van der Waals surface area contributed by atoms with Gasteiger partial charge in [-0.2, -0.15) is 0 Å². The number of methoxy groups -OCH3 is 1. The zero-order valence-electron chi connectivity index (χ0n) is 9.70. The Bertz CT molecular complexity index is 423. The summed E-state index contributed by atoms with van der Waals surface area (Å²) in [5.41, 5.74) is 2.25. The van der Waals surface area contributed by atoms with E-state index in [-0.39, 0.29) is 5.97 Å². The van der Waals surface area contributed by atoms with E-state index in [2.05, 4.69) is 36.9 Å². The number of fused-ring (bicyclic) bond motifs is 1. The molecule has 1 heterocycles. The number of esters is 1. The van der Waals surface area contributed by atoms with Crippen LogP contribution in [0.2, 0.25) is 0 Å². The molecular formula is C12H15BrN2O2. The number of anilines is 2. The second-order valence-electron chi connectivity index (χ2n) is 3.90. The van der Waals surface area contributed by atoms with Crippen molar-refractivity contribution in [2.75, 3.05) is 37.0 Å². The number of benzene rings is 1. The predicted octanol–water partition coefficient (Wildman–Crippen LogP) is 2.24. The minimum atomic E-state index is -0.167. The second kappa shape index (κ2) is 5.40. The summed E-state index contributed by atoms with van der Waals surface area (Å²) in [6, 6.07) is 6.12. The summed E-state index contributed by atoms with van der Waals surface area (Å²) in [4.78, 5) is 13.4. The van der Waals surface area contributed by atoms with Gasteiger partial charge >= 0.3 is 5.97 Å². The predicted molar refractivity (Wildman–Crippen MR) is 71.5 cm³/mol. The number of rotatable bonds is 3. The molecule has 2 rings (SSSR count). The topological polar surface area (TPSA) is 41.6 Å². The van der Waals surface area contributed by atoms with E-state index in [1.165, 1.54) is 7.11 Å². The lowest BCUT2D eigenvalue weighted by Crippen LogP contribution is -2.35. The van der Waals surface area contributed by atoms with Crippen molar-refractivity contribution in [3.8, 4) is 0 Å². The van der Waals surface area contributed by atoms with Crippen LogP contribution in [0.1, 0.15) is 6.42 Å². The molecule has 1 N–H and O–H groups in total. The number of carbonyl (C=O) groups is 1. The van der Waals surface area contributed by atoms with E-state index in [1.54, 1.807) is 0 Å². The summed E-state index contributed by atoms with van der Waals surface area (Å²) in [7, 11) is 1.42. The molecule has 1 aromatic rings. The highest BCUT2D eigenvalue weighted by molar-refractivity contribution is 9.10. The van der Waals surface area contributed by atoms with Crippen molar-refractivity contribution in [3.05, 3.63) is 22.7 Å². The molecule has 0 saturated heterocycles. The first-order valence-corrected chi connectivity index (χ1v) is 6.35. The SMILES string of the molecule is COC(=O)CCN1CCNc2ccc(Br)cc21. The normalized spacial score (nSPS) is 13.9. The molecule has 0 atom stereocenters. The summed E-state index contributed by atoms with van der Waals surface area (Å²) in [6.45, 7) is 2.49. The van der Waals surface area contributed by atoms with Crippen LogP contribution in [-0.4, -0.2) is 32.7 Å². The Morgan fingerprint density at radius 3 is 3.18 bits per heavy atom. The first-order valence-electron chi connectivity index (χ1n) is 5.56. The largest absolute Gasteiger partial charge is 0.469 e. The van der Waals surface area contributed by atoms with Crippen LogP contribution in [0.5, 0.6) is 0 Å². The highest BCUT2D eigenvalue weighted by Crippen LogP contribution is 2.31. The molecule has 0 bridgehead atoms. The Hall–Kier alpha value is -1.23. The van der Waals surface area contributed by atoms with E-state index >= 15 is 0 Å². The quantitative estimate of drug-likeness (QED) is 0.869. The van der Waals surface area contributed by atoms with Gasteiger partial charge in [0.25, 0.3) is 0 Å². The van der Waals surface area contributed by atoms with E-state index in [4.69, 9.17) is 0 Å². The van der Waals surface area contributed by atoms with Gasteiger partial charge in [-0.3, -0.25) is 4.79 Å². The molecule has 0 amide bonds. The maximum Gasteiger partial charge on any atom is 0.307 e. The van der Waals surface area contributed by atoms with E-state index in [1.807, 2.05) is 12.1 Å². The van der Waals surface area contributed by atoms with E-state index in [9.17, 15) is 4.79 Å². The van der Waals surface area contributed by atoms with Gasteiger partial charge < -0.3 is 15.0 Å². The van der Waals surface area contributed by atoms with Crippen LogP contribution in [0.3, 0.4) is 0 Å². The summed E-state index contributed by atoms with van der Waals surface area (Å²) in [5, 5.41) is 3.34. The number of nitrogens with one attached hydrogen (secondary N) is 1. The third kappa shape index (κ3) is 2.91. The lowest BCUT2D eigenvalue weighted by molar-refractivity contribution is -0.140. The van der Waals surface area contributed by atoms with Crippen LogP contribution >= 0.6 is 15.9 Å². The average molecular weight is 299 g/mol. The van der Waals surface area contributed by atoms with E-state index in [0.717, 1.165) is 28.9 Å². The average Bonchev–Trinajstić information content (AvgIpc) is 2.35. The van der Waals surface area contributed by atoms with Crippen molar-refractivity contribution in [3.63, 3.8) is 0 Å². The van der Waals surface area contributed by atoms with Crippen LogP contribution in [0.4, 0.5) is 11.4 Å². The number of hydrogen-bond acceptors (Lipinski definition) is 4. The maximum atomic E-state index is 11.2. The van der Waals surface area contributed by atoms with Crippen LogP contribution in [0.25, 0.3) is 0 Å². The monoisotopic (exact) mass is 298 g/mol. The number of ether oxygens (including phenoxy) is 1. The van der Waals surface area contributed by atoms with Crippen molar-refractivity contribution in [2.45, 2.75) is 6.42 Å². The fourth-order valence-electron chi connectivity index (χ4n) is 1.92. The number of halogens is 1. The fraction of sp³-hybridized carbons (Fsp3) is 0.417. The van der Waals surface area contributed by atoms with E-state index in [0.29, 0.717) is 13.0 Å². The van der Waals surface area contributed by atoms with Crippen LogP contribution in [0, 0.1) is 0 Å². The van der Waals surface area contributed by atoms with Crippen LogP contribution in [-0.2, 0) is 9.53 Å². The van der Waals surface area contributed by atoms with Crippen LogP contribution < -0.4 is 10.2 Å². The highest BCUT2D eigenvalue weighted by atomic mass is 79.9. The Balaban J connectivity index is 2.11. The molecule has 1 aromatic carbocycles. The molecule has 5 heteroatoms. The molecule has 0 saturated carbocycles. The molecule has 1 aliphatic heterocycles. The molecule has 17 heavy (non-hydrogen) atoms. The van der Waals surface area contributed by atoms with Crippen molar-refractivity contribution >= 4 is 33.3 Å². The first-order chi connectivity index (χ1) is 8.20. The fourth-order valence-corrected chi connectivity index (χ4v) is 2.27. The van der Waals surface area contributed by atoms with Gasteiger partial charge in [0.2, 0.25) is 0 Å². The third-order valence-electron chi connectivity index (χ3n) is 2.81. The highest BCUT2D eigenvalue weighted by Gasteiger charge is 2.17. The van der Waals surface area contributed by atoms with Crippen molar-refractivity contribution < 1.29 is 9.53 Å². The molecule has 0 aliphatic carbocycles. The minimum absolute atomic E-state index is 0.167. The smallest absolute Gasteiger partial charge is 0.307 e. The molecule has 0 unspecified atom stereocenters. The number of carbonyl (C=O) groups excluding carboxylic acids is 1.